The Morgan fingerprint density at radius 1 is 1.48 bits per heavy atom. The smallest absolute Gasteiger partial charge is 0.208 e. The van der Waals surface area contributed by atoms with Gasteiger partial charge in [0.25, 0.3) is 0 Å². The maximum absolute atomic E-state index is 12.4. The Hall–Kier alpha value is -1.56. The van der Waals surface area contributed by atoms with Crippen LogP contribution in [0, 0.1) is 13.8 Å². The third-order valence-electron chi connectivity index (χ3n) is 3.88. The number of nitrogens with zero attached hydrogens (tertiary/aromatic N) is 3. The number of Topliss-reactive ketones (excluding diaryl/α,β-unsaturated/α-hetero) is 1. The molecule has 1 fully saturated rings. The zero-order chi connectivity index (χ0) is 15.0. The summed E-state index contributed by atoms with van der Waals surface area (Å²) in [6.07, 6.45) is 3.29. The predicted molar refractivity (Wildman–Crippen MR) is 83.0 cm³/mol. The maximum atomic E-state index is 12.4. The molecule has 3 rings (SSSR count). The summed E-state index contributed by atoms with van der Waals surface area (Å²) in [5.74, 6) is 1.40. The van der Waals surface area contributed by atoms with Crippen molar-refractivity contribution in [3.63, 3.8) is 0 Å². The molecule has 0 bridgehead atoms. The number of aromatic nitrogens is 4. The Morgan fingerprint density at radius 3 is 2.86 bits per heavy atom. The first kappa shape index (κ1) is 14.4. The highest BCUT2D eigenvalue weighted by Crippen LogP contribution is 2.38. The quantitative estimate of drug-likeness (QED) is 0.658. The summed E-state index contributed by atoms with van der Waals surface area (Å²) in [5.41, 5.74) is 3.14. The van der Waals surface area contributed by atoms with Gasteiger partial charge in [0, 0.05) is 29.4 Å². The molecule has 0 aliphatic heterocycles. The highest BCUT2D eigenvalue weighted by molar-refractivity contribution is 7.99. The number of carbonyl (C=O) groups is 1. The molecule has 2 aromatic heterocycles. The Balaban J connectivity index is 1.69. The van der Waals surface area contributed by atoms with Gasteiger partial charge in [0.1, 0.15) is 5.82 Å². The van der Waals surface area contributed by atoms with E-state index >= 15 is 0 Å². The Kier molecular flexibility index (Phi) is 3.89. The molecule has 6 heteroatoms. The molecule has 0 aromatic carbocycles. The number of rotatable bonds is 6. The van der Waals surface area contributed by atoms with E-state index in [4.69, 9.17) is 0 Å². The molecule has 21 heavy (non-hydrogen) atoms. The number of ketones is 1. The topological polar surface area (TPSA) is 63.6 Å². The van der Waals surface area contributed by atoms with Crippen molar-refractivity contribution in [2.75, 3.05) is 5.75 Å². The van der Waals surface area contributed by atoms with Gasteiger partial charge in [-0.2, -0.15) is 0 Å². The van der Waals surface area contributed by atoms with Crippen molar-refractivity contribution in [1.82, 2.24) is 19.7 Å². The lowest BCUT2D eigenvalue weighted by Crippen LogP contribution is -2.06. The van der Waals surface area contributed by atoms with Gasteiger partial charge in [-0.15, -0.1) is 5.10 Å². The van der Waals surface area contributed by atoms with Crippen molar-refractivity contribution in [2.45, 2.75) is 51.2 Å². The van der Waals surface area contributed by atoms with Crippen molar-refractivity contribution in [2.24, 2.45) is 0 Å². The Bertz CT molecular complexity index is 669. The number of thioether (sulfide) groups is 1. The van der Waals surface area contributed by atoms with Gasteiger partial charge in [-0.05, 0) is 32.8 Å². The minimum atomic E-state index is 0.155. The van der Waals surface area contributed by atoms with Gasteiger partial charge in [0.05, 0.1) is 5.75 Å². The van der Waals surface area contributed by atoms with Crippen LogP contribution in [0.4, 0.5) is 0 Å². The second-order valence-corrected chi connectivity index (χ2v) is 6.46. The van der Waals surface area contributed by atoms with Crippen molar-refractivity contribution < 1.29 is 4.79 Å². The van der Waals surface area contributed by atoms with Gasteiger partial charge < -0.3 is 4.57 Å². The van der Waals surface area contributed by atoms with E-state index in [0.717, 1.165) is 23.5 Å². The molecule has 2 aromatic rings. The van der Waals surface area contributed by atoms with E-state index < -0.39 is 0 Å². The van der Waals surface area contributed by atoms with Crippen molar-refractivity contribution in [1.29, 1.82) is 0 Å². The summed E-state index contributed by atoms with van der Waals surface area (Å²) >= 11 is 1.40. The molecule has 5 nitrogen and oxygen atoms in total. The Labute approximate surface area is 128 Å². The second kappa shape index (κ2) is 5.67. The summed E-state index contributed by atoms with van der Waals surface area (Å²) in [4.78, 5) is 16.7. The number of H-pyrrole nitrogens is 1. The standard InChI is InChI=1S/C15H20N4OS/c1-4-14-16-15(18-17-14)21-8-13(20)12-7-9(2)19(10(12)3)11-5-6-11/h7,11H,4-6,8H2,1-3H3,(H,16,17,18). The number of aryl methyl sites for hydroxylation is 2. The van der Waals surface area contributed by atoms with Gasteiger partial charge in [-0.3, -0.25) is 9.89 Å². The molecule has 0 saturated heterocycles. The lowest BCUT2D eigenvalue weighted by Gasteiger charge is -2.07. The first-order valence-electron chi connectivity index (χ1n) is 7.35. The molecule has 0 amide bonds. The van der Waals surface area contributed by atoms with Crippen molar-refractivity contribution >= 4 is 17.5 Å². The van der Waals surface area contributed by atoms with Crippen LogP contribution in [0.3, 0.4) is 0 Å². The fraction of sp³-hybridized carbons (Fsp3) is 0.533. The van der Waals surface area contributed by atoms with E-state index in [-0.39, 0.29) is 5.78 Å². The second-order valence-electron chi connectivity index (χ2n) is 5.52. The van der Waals surface area contributed by atoms with E-state index in [1.54, 1.807) is 0 Å². The number of hydrogen-bond acceptors (Lipinski definition) is 4. The third-order valence-corrected chi connectivity index (χ3v) is 4.72. The molecule has 0 radical (unpaired) electrons. The molecular weight excluding hydrogens is 284 g/mol. The minimum Gasteiger partial charge on any atom is -0.345 e. The number of nitrogens with one attached hydrogen (secondary N) is 1. The van der Waals surface area contributed by atoms with Crippen LogP contribution in [0.25, 0.3) is 0 Å². The number of aromatic amines is 1. The van der Waals surface area contributed by atoms with Crippen LogP contribution in [-0.2, 0) is 6.42 Å². The lowest BCUT2D eigenvalue weighted by molar-refractivity contribution is 0.102. The van der Waals surface area contributed by atoms with Crippen LogP contribution < -0.4 is 0 Å². The van der Waals surface area contributed by atoms with E-state index in [0.29, 0.717) is 17.0 Å². The minimum absolute atomic E-state index is 0.155. The monoisotopic (exact) mass is 304 g/mol. The highest BCUT2D eigenvalue weighted by atomic mass is 32.2. The van der Waals surface area contributed by atoms with E-state index in [1.807, 2.05) is 19.9 Å². The number of hydrogen-bond donors (Lipinski definition) is 1. The number of carbonyl (C=O) groups excluding carboxylic acids is 1. The van der Waals surface area contributed by atoms with Crippen LogP contribution in [0.2, 0.25) is 0 Å². The summed E-state index contributed by atoms with van der Waals surface area (Å²) in [6, 6.07) is 2.63. The average molecular weight is 304 g/mol. The van der Waals surface area contributed by atoms with E-state index in [2.05, 4.69) is 26.7 Å². The molecule has 112 valence electrons. The molecule has 0 unspecified atom stereocenters. The molecule has 1 N–H and O–H groups in total. The summed E-state index contributed by atoms with van der Waals surface area (Å²) in [7, 11) is 0. The zero-order valence-corrected chi connectivity index (χ0v) is 13.5. The van der Waals surface area contributed by atoms with E-state index in [1.165, 1.54) is 30.3 Å². The summed E-state index contributed by atoms with van der Waals surface area (Å²) in [6.45, 7) is 6.15. The molecule has 1 aliphatic rings. The maximum Gasteiger partial charge on any atom is 0.208 e. The Morgan fingerprint density at radius 2 is 2.24 bits per heavy atom. The zero-order valence-electron chi connectivity index (χ0n) is 12.6. The summed E-state index contributed by atoms with van der Waals surface area (Å²) < 4.78 is 2.31. The molecule has 0 spiro atoms. The van der Waals surface area contributed by atoms with Gasteiger partial charge in [0.15, 0.2) is 5.78 Å². The molecule has 2 heterocycles. The largest absolute Gasteiger partial charge is 0.345 e. The first-order chi connectivity index (χ1) is 10.1. The van der Waals surface area contributed by atoms with Crippen LogP contribution in [0.5, 0.6) is 0 Å². The third kappa shape index (κ3) is 2.90. The van der Waals surface area contributed by atoms with Crippen LogP contribution >= 0.6 is 11.8 Å². The van der Waals surface area contributed by atoms with Crippen molar-refractivity contribution in [3.05, 3.63) is 28.8 Å². The van der Waals surface area contributed by atoms with Gasteiger partial charge in [-0.25, -0.2) is 4.98 Å². The van der Waals surface area contributed by atoms with Gasteiger partial charge in [-0.1, -0.05) is 18.7 Å². The SMILES string of the molecule is CCc1nc(SCC(=O)c2cc(C)n(C3CC3)c2C)n[nH]1. The highest BCUT2D eigenvalue weighted by Gasteiger charge is 2.28. The average Bonchev–Trinajstić information content (AvgIpc) is 3.10. The van der Waals surface area contributed by atoms with Gasteiger partial charge >= 0.3 is 0 Å². The van der Waals surface area contributed by atoms with Crippen molar-refractivity contribution in [3.8, 4) is 0 Å². The normalized spacial score (nSPS) is 14.6. The van der Waals surface area contributed by atoms with E-state index in [9.17, 15) is 4.79 Å². The summed E-state index contributed by atoms with van der Waals surface area (Å²) in [5, 5.41) is 7.62. The van der Waals surface area contributed by atoms with Crippen LogP contribution in [0.1, 0.15) is 53.4 Å². The molecular formula is C15H20N4OS. The molecule has 0 atom stereocenters. The fourth-order valence-corrected chi connectivity index (χ4v) is 3.36. The fourth-order valence-electron chi connectivity index (χ4n) is 2.66. The lowest BCUT2D eigenvalue weighted by atomic mass is 10.2. The van der Waals surface area contributed by atoms with Gasteiger partial charge in [0.2, 0.25) is 5.16 Å². The van der Waals surface area contributed by atoms with Crippen LogP contribution in [-0.4, -0.2) is 31.3 Å². The first-order valence-corrected chi connectivity index (χ1v) is 8.34. The van der Waals surface area contributed by atoms with Crippen LogP contribution in [0.15, 0.2) is 11.2 Å². The predicted octanol–water partition coefficient (Wildman–Crippen LogP) is 3.10. The molecule has 1 aliphatic carbocycles. The molecule has 1 saturated carbocycles.